The number of carbonyl (C=O) groups excluding carboxylic acids is 1. The van der Waals surface area contributed by atoms with Crippen LogP contribution in [0.25, 0.3) is 0 Å². The Balaban J connectivity index is 1.60. The van der Waals surface area contributed by atoms with Gasteiger partial charge in [-0.05, 0) is 54.4 Å². The van der Waals surface area contributed by atoms with Crippen molar-refractivity contribution in [3.8, 4) is 5.75 Å². The lowest BCUT2D eigenvalue weighted by atomic mass is 10.0. The molecule has 0 unspecified atom stereocenters. The van der Waals surface area contributed by atoms with Crippen molar-refractivity contribution in [3.63, 3.8) is 0 Å². The number of benzene rings is 2. The molecule has 0 spiro atoms. The van der Waals surface area contributed by atoms with Crippen LogP contribution in [0.1, 0.15) is 32.7 Å². The number of anilines is 1. The van der Waals surface area contributed by atoms with Gasteiger partial charge in [-0.25, -0.2) is 9.78 Å². The zero-order chi connectivity index (χ0) is 26.3. The second-order valence-electron chi connectivity index (χ2n) is 8.10. The molecule has 0 aliphatic heterocycles. The van der Waals surface area contributed by atoms with Crippen LogP contribution in [-0.4, -0.2) is 41.7 Å². The van der Waals surface area contributed by atoms with Gasteiger partial charge in [-0.1, -0.05) is 24.3 Å². The van der Waals surface area contributed by atoms with Gasteiger partial charge in [-0.3, -0.25) is 4.79 Å². The Bertz CT molecular complexity index is 1210. The Morgan fingerprint density at radius 2 is 1.81 bits per heavy atom. The van der Waals surface area contributed by atoms with Crippen LogP contribution >= 0.6 is 0 Å². The quantitative estimate of drug-likeness (QED) is 0.378. The molecule has 0 radical (unpaired) electrons. The van der Waals surface area contributed by atoms with Crippen molar-refractivity contribution < 1.29 is 32.6 Å². The number of halogens is 3. The Morgan fingerprint density at radius 1 is 1.08 bits per heavy atom. The number of carboxylic acid groups (broad SMARTS) is 1. The Morgan fingerprint density at radius 3 is 2.44 bits per heavy atom. The van der Waals surface area contributed by atoms with Crippen LogP contribution in [0.15, 0.2) is 60.7 Å². The molecule has 3 rings (SSSR count). The van der Waals surface area contributed by atoms with Gasteiger partial charge in [0.1, 0.15) is 17.6 Å². The van der Waals surface area contributed by atoms with Crippen LogP contribution < -0.4 is 15.4 Å². The highest BCUT2D eigenvalue weighted by Gasteiger charge is 2.32. The first-order chi connectivity index (χ1) is 17.1. The fraction of sp³-hybridized carbons (Fsp3) is 0.269. The number of aryl methyl sites for hydroxylation is 1. The summed E-state index contributed by atoms with van der Waals surface area (Å²) in [5.41, 5.74) is 0.577. The summed E-state index contributed by atoms with van der Waals surface area (Å²) < 4.78 is 44.8. The number of alkyl halides is 3. The van der Waals surface area contributed by atoms with Gasteiger partial charge in [-0.15, -0.1) is 0 Å². The first kappa shape index (κ1) is 26.5. The van der Waals surface area contributed by atoms with Crippen molar-refractivity contribution in [2.75, 3.05) is 19.0 Å². The standard InChI is InChI=1S/C26H26F3N3O4/c1-16-6-9-18(26(27,28)29)15-21(16)24(33)32-22(25(34)35)14-17-7-10-20(11-8-17)36-13-12-19-4-3-5-23(30-2)31-19/h3-11,15,22H,12-14H2,1-2H3,(H,30,31)(H,32,33)(H,34,35)/t22-/m0/s1. The Labute approximate surface area is 206 Å². The highest BCUT2D eigenvalue weighted by Crippen LogP contribution is 2.30. The molecule has 1 amide bonds. The van der Waals surface area contributed by atoms with E-state index in [-0.39, 0.29) is 12.0 Å². The number of nitrogens with zero attached hydrogens (tertiary/aromatic N) is 1. The van der Waals surface area contributed by atoms with Gasteiger partial charge in [0.15, 0.2) is 0 Å². The maximum atomic E-state index is 13.0. The highest BCUT2D eigenvalue weighted by atomic mass is 19.4. The van der Waals surface area contributed by atoms with Crippen molar-refractivity contribution in [2.45, 2.75) is 32.0 Å². The predicted octanol–water partition coefficient (Wildman–Crippen LogP) is 4.50. The molecule has 190 valence electrons. The third kappa shape index (κ3) is 7.21. The number of pyridine rings is 1. The van der Waals surface area contributed by atoms with E-state index in [1.165, 1.54) is 13.0 Å². The maximum Gasteiger partial charge on any atom is 0.416 e. The number of carbonyl (C=O) groups is 2. The molecule has 36 heavy (non-hydrogen) atoms. The summed E-state index contributed by atoms with van der Waals surface area (Å²) in [5.74, 6) is -0.842. The molecule has 0 bridgehead atoms. The van der Waals surface area contributed by atoms with Crippen LogP contribution in [0.2, 0.25) is 0 Å². The number of hydrogen-bond acceptors (Lipinski definition) is 5. The minimum absolute atomic E-state index is 0.0555. The molecule has 1 aromatic heterocycles. The number of amides is 1. The molecule has 3 aromatic rings. The lowest BCUT2D eigenvalue weighted by molar-refractivity contribution is -0.139. The summed E-state index contributed by atoms with van der Waals surface area (Å²) in [5, 5.41) is 14.9. The van der Waals surface area contributed by atoms with Crippen molar-refractivity contribution in [1.82, 2.24) is 10.3 Å². The number of aromatic nitrogens is 1. The number of aliphatic carboxylic acids is 1. The van der Waals surface area contributed by atoms with Crippen LogP contribution in [0, 0.1) is 6.92 Å². The summed E-state index contributed by atoms with van der Waals surface area (Å²) >= 11 is 0. The first-order valence-corrected chi connectivity index (χ1v) is 11.1. The maximum absolute atomic E-state index is 13.0. The zero-order valence-corrected chi connectivity index (χ0v) is 19.7. The SMILES string of the molecule is CNc1cccc(CCOc2ccc(C[C@H](NC(=O)c3cc(C(F)(F)F)ccc3C)C(=O)O)cc2)n1. The summed E-state index contributed by atoms with van der Waals surface area (Å²) in [6.07, 6.45) is -4.08. The van der Waals surface area contributed by atoms with Crippen molar-refractivity contribution in [3.05, 3.63) is 88.6 Å². The lowest BCUT2D eigenvalue weighted by Gasteiger charge is -2.17. The largest absolute Gasteiger partial charge is 0.493 e. The third-order valence-corrected chi connectivity index (χ3v) is 5.47. The van der Waals surface area contributed by atoms with Crippen molar-refractivity contribution in [1.29, 1.82) is 0 Å². The molecular weight excluding hydrogens is 475 g/mol. The second kappa shape index (κ2) is 11.6. The number of rotatable bonds is 10. The molecule has 0 saturated heterocycles. The van der Waals surface area contributed by atoms with Gasteiger partial charge in [0.05, 0.1) is 12.2 Å². The summed E-state index contributed by atoms with van der Waals surface area (Å²) in [4.78, 5) is 28.8. The summed E-state index contributed by atoms with van der Waals surface area (Å²) in [7, 11) is 1.79. The number of hydrogen-bond donors (Lipinski definition) is 3. The van der Waals surface area contributed by atoms with Gasteiger partial charge in [0.2, 0.25) is 0 Å². The highest BCUT2D eigenvalue weighted by molar-refractivity contribution is 5.98. The lowest BCUT2D eigenvalue weighted by Crippen LogP contribution is -2.42. The number of carboxylic acids is 1. The Kier molecular flexibility index (Phi) is 8.52. The van der Waals surface area contributed by atoms with E-state index >= 15 is 0 Å². The van der Waals surface area contributed by atoms with Crippen LogP contribution in [0.5, 0.6) is 5.75 Å². The second-order valence-corrected chi connectivity index (χ2v) is 8.10. The van der Waals surface area contributed by atoms with E-state index in [4.69, 9.17) is 4.74 Å². The van der Waals surface area contributed by atoms with Crippen LogP contribution in [0.3, 0.4) is 0 Å². The van der Waals surface area contributed by atoms with Gasteiger partial charge >= 0.3 is 12.1 Å². The van der Waals surface area contributed by atoms with Crippen molar-refractivity contribution in [2.24, 2.45) is 0 Å². The van der Waals surface area contributed by atoms with Crippen LogP contribution in [0.4, 0.5) is 19.0 Å². The van der Waals surface area contributed by atoms with Gasteiger partial charge in [-0.2, -0.15) is 13.2 Å². The molecule has 0 saturated carbocycles. The van der Waals surface area contributed by atoms with Crippen LogP contribution in [-0.2, 0) is 23.8 Å². The zero-order valence-electron chi connectivity index (χ0n) is 19.7. The van der Waals surface area contributed by atoms with E-state index in [2.05, 4.69) is 15.6 Å². The van der Waals surface area contributed by atoms with E-state index in [1.54, 1.807) is 31.3 Å². The third-order valence-electron chi connectivity index (χ3n) is 5.47. The average Bonchev–Trinajstić information content (AvgIpc) is 2.84. The molecule has 10 heteroatoms. The normalized spacial score (nSPS) is 12.0. The molecule has 0 aliphatic rings. The molecule has 3 N–H and O–H groups in total. The molecule has 0 fully saturated rings. The first-order valence-electron chi connectivity index (χ1n) is 11.1. The van der Waals surface area contributed by atoms with Crippen molar-refractivity contribution >= 4 is 17.7 Å². The summed E-state index contributed by atoms with van der Waals surface area (Å²) in [6.45, 7) is 1.88. The molecule has 0 aliphatic carbocycles. The van der Waals surface area contributed by atoms with E-state index in [0.717, 1.165) is 23.6 Å². The molecule has 1 heterocycles. The topological polar surface area (TPSA) is 101 Å². The smallest absolute Gasteiger partial charge is 0.416 e. The molecular formula is C26H26F3N3O4. The average molecular weight is 502 g/mol. The minimum Gasteiger partial charge on any atom is -0.493 e. The van der Waals surface area contributed by atoms with E-state index in [0.29, 0.717) is 29.9 Å². The van der Waals surface area contributed by atoms with E-state index < -0.39 is 29.7 Å². The summed E-state index contributed by atoms with van der Waals surface area (Å²) in [6, 6.07) is 13.8. The fourth-order valence-corrected chi connectivity index (χ4v) is 3.47. The number of nitrogens with one attached hydrogen (secondary N) is 2. The fourth-order valence-electron chi connectivity index (χ4n) is 3.47. The monoisotopic (exact) mass is 501 g/mol. The molecule has 1 atom stereocenters. The predicted molar refractivity (Wildman–Crippen MR) is 128 cm³/mol. The minimum atomic E-state index is -4.62. The molecule has 2 aromatic carbocycles. The van der Waals surface area contributed by atoms with E-state index in [1.807, 2.05) is 18.2 Å². The van der Waals surface area contributed by atoms with Gasteiger partial charge < -0.3 is 20.5 Å². The van der Waals surface area contributed by atoms with Gasteiger partial charge in [0, 0.05) is 31.1 Å². The van der Waals surface area contributed by atoms with E-state index in [9.17, 15) is 27.9 Å². The number of ether oxygens (including phenoxy) is 1. The Hall–Kier alpha value is -4.08. The molecule has 7 nitrogen and oxygen atoms in total. The van der Waals surface area contributed by atoms with Gasteiger partial charge in [0.25, 0.3) is 5.91 Å².